The zero-order chi connectivity index (χ0) is 39.9. The molecule has 13 rings (SSSR count). The summed E-state index contributed by atoms with van der Waals surface area (Å²) in [6.45, 7) is 16.7. The summed E-state index contributed by atoms with van der Waals surface area (Å²) < 4.78 is 11.8. The summed E-state index contributed by atoms with van der Waals surface area (Å²) in [4.78, 5) is 2.72. The molecule has 5 heterocycles. The van der Waals surface area contributed by atoms with Gasteiger partial charge in [0.25, 0.3) is 0 Å². The third kappa shape index (κ3) is 4.44. The summed E-state index contributed by atoms with van der Waals surface area (Å²) in [5.74, 6) is 0. The molecule has 3 aromatic heterocycles. The maximum atomic E-state index is 6.56. The van der Waals surface area contributed by atoms with Gasteiger partial charge in [-0.3, -0.25) is 0 Å². The second kappa shape index (κ2) is 11.1. The van der Waals surface area contributed by atoms with E-state index in [1.54, 1.807) is 0 Å². The van der Waals surface area contributed by atoms with Gasteiger partial charge in [-0.25, -0.2) is 0 Å². The van der Waals surface area contributed by atoms with Crippen LogP contribution in [0.4, 0.5) is 11.4 Å². The van der Waals surface area contributed by atoms with Gasteiger partial charge in [0.15, 0.2) is 0 Å². The molecule has 3 aliphatic rings. The molecule has 0 amide bonds. The van der Waals surface area contributed by atoms with Crippen molar-refractivity contribution in [1.29, 1.82) is 0 Å². The monoisotopic (exact) mass is 780 g/mol. The zero-order valence-corrected chi connectivity index (χ0v) is 35.6. The number of rotatable bonds is 1. The first-order valence-electron chi connectivity index (χ1n) is 21.3. The van der Waals surface area contributed by atoms with E-state index in [9.17, 15) is 0 Å². The number of hydrogen-bond acceptors (Lipinski definition) is 3. The second-order valence-corrected chi connectivity index (χ2v) is 21.1. The first-order chi connectivity index (χ1) is 28.4. The average molecular weight is 781 g/mol. The van der Waals surface area contributed by atoms with Gasteiger partial charge in [0, 0.05) is 64.3 Å². The normalized spacial score (nSPS) is 16.5. The molecule has 10 aromatic rings. The Morgan fingerprint density at radius 1 is 0.593 bits per heavy atom. The van der Waals surface area contributed by atoms with Crippen LogP contribution in [0.15, 0.2) is 126 Å². The molecule has 59 heavy (non-hydrogen) atoms. The lowest BCUT2D eigenvalue weighted by Gasteiger charge is -2.46. The molecule has 1 aliphatic carbocycles. The molecule has 0 fully saturated rings. The van der Waals surface area contributed by atoms with E-state index in [0.717, 1.165) is 21.9 Å². The molecule has 2 aliphatic heterocycles. The number of para-hydroxylation sites is 1. The van der Waals surface area contributed by atoms with Gasteiger partial charge in [-0.15, -0.1) is 11.3 Å². The standard InChI is InChI=1S/C54H45BN2OS/c1-52(2,3)30-16-18-31(19-17-30)57-44-28-41-40(53(4,5)22-23-54(41,6)7)24-36(44)34-20-21-35-37-27-47-38(32-12-8-10-14-46(32)58-47)26-43(37)56-45-29-49-39(33-13-9-11-15-48(33)59-49)25-42(45)55(57)50(34)51(35)56/h8-21,24-29H,22-23H2,1-7H3. The van der Waals surface area contributed by atoms with Gasteiger partial charge < -0.3 is 13.8 Å². The van der Waals surface area contributed by atoms with Gasteiger partial charge in [-0.2, -0.15) is 0 Å². The fourth-order valence-corrected chi connectivity index (χ4v) is 12.4. The van der Waals surface area contributed by atoms with Crippen molar-refractivity contribution in [3.63, 3.8) is 0 Å². The van der Waals surface area contributed by atoms with E-state index in [4.69, 9.17) is 4.42 Å². The topological polar surface area (TPSA) is 21.3 Å². The Morgan fingerprint density at radius 3 is 2.10 bits per heavy atom. The second-order valence-electron chi connectivity index (χ2n) is 20.0. The number of anilines is 2. The Hall–Kier alpha value is -5.78. The number of aromatic nitrogens is 1. The maximum absolute atomic E-state index is 6.56. The molecule has 0 N–H and O–H groups in total. The van der Waals surface area contributed by atoms with Crippen LogP contribution in [0.2, 0.25) is 0 Å². The third-order valence-electron chi connectivity index (χ3n) is 14.6. The average Bonchev–Trinajstić information content (AvgIpc) is 3.88. The number of thiophene rings is 1. The van der Waals surface area contributed by atoms with Gasteiger partial charge in [-0.05, 0) is 117 Å². The van der Waals surface area contributed by atoms with Gasteiger partial charge >= 0.3 is 6.85 Å². The van der Waals surface area contributed by atoms with Crippen LogP contribution < -0.4 is 15.7 Å². The van der Waals surface area contributed by atoms with Crippen LogP contribution in [0.25, 0.3) is 80.7 Å². The minimum atomic E-state index is -0.0434. The Balaban J connectivity index is 1.21. The third-order valence-corrected chi connectivity index (χ3v) is 15.7. The lowest BCUT2D eigenvalue weighted by atomic mass is 9.43. The molecule has 0 saturated heterocycles. The largest absolute Gasteiger partial charge is 0.456 e. The highest BCUT2D eigenvalue weighted by Gasteiger charge is 2.46. The maximum Gasteiger partial charge on any atom is 0.333 e. The molecule has 0 saturated carbocycles. The van der Waals surface area contributed by atoms with Crippen LogP contribution in [0.3, 0.4) is 0 Å². The van der Waals surface area contributed by atoms with Crippen molar-refractivity contribution >= 4 is 104 Å². The van der Waals surface area contributed by atoms with Crippen LogP contribution in [-0.4, -0.2) is 11.4 Å². The fourth-order valence-electron chi connectivity index (χ4n) is 11.3. The highest BCUT2D eigenvalue weighted by Crippen LogP contribution is 2.53. The number of fused-ring (bicyclic) bond motifs is 15. The highest BCUT2D eigenvalue weighted by molar-refractivity contribution is 7.25. The van der Waals surface area contributed by atoms with E-state index in [-0.39, 0.29) is 23.1 Å². The molecule has 0 unspecified atom stereocenters. The number of benzene rings is 7. The predicted molar refractivity (Wildman–Crippen MR) is 254 cm³/mol. The van der Waals surface area contributed by atoms with Crippen LogP contribution in [0.5, 0.6) is 0 Å². The minimum Gasteiger partial charge on any atom is -0.456 e. The molecular formula is C54H45BN2OS. The van der Waals surface area contributed by atoms with E-state index < -0.39 is 0 Å². The molecule has 0 bridgehead atoms. The Kier molecular flexibility index (Phi) is 6.41. The molecule has 0 spiro atoms. The number of hydrogen-bond donors (Lipinski definition) is 0. The summed E-state index contributed by atoms with van der Waals surface area (Å²) in [5, 5.41) is 7.50. The Bertz CT molecular complexity index is 3500. The van der Waals surface area contributed by atoms with Gasteiger partial charge in [0.05, 0.1) is 11.0 Å². The van der Waals surface area contributed by atoms with Crippen LogP contribution in [-0.2, 0) is 16.2 Å². The van der Waals surface area contributed by atoms with Crippen molar-refractivity contribution in [1.82, 2.24) is 4.57 Å². The van der Waals surface area contributed by atoms with E-state index in [1.165, 1.54) is 111 Å². The summed E-state index contributed by atoms with van der Waals surface area (Å²) in [7, 11) is 0. The minimum absolute atomic E-state index is 0.0434. The van der Waals surface area contributed by atoms with E-state index >= 15 is 0 Å². The first-order valence-corrected chi connectivity index (χ1v) is 22.1. The molecule has 3 nitrogen and oxygen atoms in total. The fraction of sp³-hybridized carbons (Fsp3) is 0.222. The number of nitrogens with zero attached hydrogens (tertiary/aromatic N) is 2. The van der Waals surface area contributed by atoms with E-state index in [1.807, 2.05) is 11.3 Å². The SMILES string of the molecule is CC(C)(C)c1ccc(N2B3c4cc5c(cc4-n4c6cc7c(cc6c6ccc(c3c64)-c3cc4c(cc32)C(C)(C)CCC4(C)C)oc2ccccc27)sc2ccccc25)cc1. The lowest BCUT2D eigenvalue weighted by molar-refractivity contribution is 0.332. The van der Waals surface area contributed by atoms with Crippen molar-refractivity contribution in [2.75, 3.05) is 4.81 Å². The number of furan rings is 1. The van der Waals surface area contributed by atoms with E-state index in [0.29, 0.717) is 0 Å². The van der Waals surface area contributed by atoms with E-state index in [2.05, 4.69) is 179 Å². The predicted octanol–water partition coefficient (Wildman–Crippen LogP) is 13.9. The zero-order valence-electron chi connectivity index (χ0n) is 34.7. The van der Waals surface area contributed by atoms with Crippen molar-refractivity contribution in [3.8, 4) is 16.8 Å². The highest BCUT2D eigenvalue weighted by atomic mass is 32.1. The van der Waals surface area contributed by atoms with Gasteiger partial charge in [-0.1, -0.05) is 115 Å². The quantitative estimate of drug-likeness (QED) is 0.155. The molecule has 0 radical (unpaired) electrons. The summed E-state index contributed by atoms with van der Waals surface area (Å²) in [6, 6.07) is 46.8. The van der Waals surface area contributed by atoms with Crippen LogP contribution in [0, 0.1) is 0 Å². The molecule has 0 atom stereocenters. The molecule has 286 valence electrons. The Morgan fingerprint density at radius 2 is 1.32 bits per heavy atom. The van der Waals surface area contributed by atoms with Crippen molar-refractivity contribution in [2.45, 2.75) is 77.6 Å². The van der Waals surface area contributed by atoms with Gasteiger partial charge in [0.1, 0.15) is 11.2 Å². The van der Waals surface area contributed by atoms with Crippen molar-refractivity contribution < 1.29 is 4.42 Å². The summed E-state index contributed by atoms with van der Waals surface area (Å²) in [5.41, 5.74) is 18.2. The van der Waals surface area contributed by atoms with Crippen LogP contribution >= 0.6 is 11.3 Å². The van der Waals surface area contributed by atoms with Crippen molar-refractivity contribution in [3.05, 3.63) is 138 Å². The van der Waals surface area contributed by atoms with Gasteiger partial charge in [0.2, 0.25) is 0 Å². The summed E-state index contributed by atoms with van der Waals surface area (Å²) >= 11 is 1.91. The Labute approximate surface area is 349 Å². The van der Waals surface area contributed by atoms with Crippen LogP contribution in [0.1, 0.15) is 78.0 Å². The summed E-state index contributed by atoms with van der Waals surface area (Å²) in [6.07, 6.45) is 2.36. The molecule has 7 aromatic carbocycles. The molecular weight excluding hydrogens is 735 g/mol. The smallest absolute Gasteiger partial charge is 0.333 e. The molecule has 5 heteroatoms. The first kappa shape index (κ1) is 34.1. The van der Waals surface area contributed by atoms with Crippen molar-refractivity contribution in [2.24, 2.45) is 0 Å². The lowest BCUT2D eigenvalue weighted by Crippen LogP contribution is -2.60.